The smallest absolute Gasteiger partial charge is 0.332 e. The summed E-state index contributed by atoms with van der Waals surface area (Å²) in [6.07, 6.45) is 0.514. The minimum atomic E-state index is -1.00. The Morgan fingerprint density at radius 1 is 1.13 bits per heavy atom. The van der Waals surface area contributed by atoms with E-state index in [9.17, 15) is 9.59 Å². The van der Waals surface area contributed by atoms with Crippen LogP contribution in [0.4, 0.5) is 0 Å². The predicted octanol–water partition coefficient (Wildman–Crippen LogP) is 3.17. The maximum Gasteiger partial charge on any atom is 0.332 e. The first-order valence-corrected chi connectivity index (χ1v) is 7.66. The molecule has 3 rings (SSSR count). The zero-order chi connectivity index (χ0) is 16.4. The van der Waals surface area contributed by atoms with Crippen molar-refractivity contribution >= 4 is 23.5 Å². The topological polar surface area (TPSA) is 55.4 Å². The minimum absolute atomic E-state index is 0.111. The summed E-state index contributed by atoms with van der Waals surface area (Å²) in [5.41, 5.74) is 0.459. The molecule has 0 spiro atoms. The number of amides is 1. The zero-order valence-electron chi connectivity index (χ0n) is 12.6. The van der Waals surface area contributed by atoms with Gasteiger partial charge in [0.25, 0.3) is 5.91 Å². The average molecular weight is 330 g/mol. The molecule has 118 valence electrons. The van der Waals surface area contributed by atoms with Crippen LogP contribution in [0.3, 0.4) is 0 Å². The Labute approximate surface area is 139 Å². The second-order valence-electron chi connectivity index (χ2n) is 5.59. The van der Waals surface area contributed by atoms with Crippen LogP contribution in [0.2, 0.25) is 5.02 Å². The summed E-state index contributed by atoms with van der Waals surface area (Å²) in [6.45, 7) is 0. The Kier molecular flexibility index (Phi) is 4.09. The number of rotatable bonds is 4. The number of carbonyl (C=O) groups is 2. The van der Waals surface area contributed by atoms with E-state index < -0.39 is 11.5 Å². The van der Waals surface area contributed by atoms with Gasteiger partial charge in [-0.3, -0.25) is 4.79 Å². The highest BCUT2D eigenvalue weighted by Crippen LogP contribution is 2.52. The van der Waals surface area contributed by atoms with E-state index in [4.69, 9.17) is 16.3 Å². The molecule has 1 amide bonds. The third kappa shape index (κ3) is 2.94. The molecule has 2 aromatic rings. The van der Waals surface area contributed by atoms with Gasteiger partial charge in [-0.25, -0.2) is 4.79 Å². The van der Waals surface area contributed by atoms with Crippen LogP contribution >= 0.6 is 11.6 Å². The van der Waals surface area contributed by atoms with E-state index in [0.717, 1.165) is 5.56 Å². The molecule has 1 aliphatic carbocycles. The SMILES string of the molecule is COC(=O)[C@]1(NC(=O)c2ccccc2)C[C@H]1c1ccc(Cl)cc1. The van der Waals surface area contributed by atoms with E-state index in [0.29, 0.717) is 17.0 Å². The van der Waals surface area contributed by atoms with Crippen molar-refractivity contribution in [3.05, 3.63) is 70.7 Å². The Morgan fingerprint density at radius 2 is 1.78 bits per heavy atom. The van der Waals surface area contributed by atoms with Crippen LogP contribution in [-0.2, 0) is 9.53 Å². The minimum Gasteiger partial charge on any atom is -0.467 e. The lowest BCUT2D eigenvalue weighted by Gasteiger charge is -2.17. The van der Waals surface area contributed by atoms with Crippen molar-refractivity contribution in [2.45, 2.75) is 17.9 Å². The number of ether oxygens (including phenoxy) is 1. The molecule has 2 atom stereocenters. The molecular formula is C18H16ClNO3. The Bertz CT molecular complexity index is 730. The lowest BCUT2D eigenvalue weighted by atomic mass is 10.1. The molecule has 0 bridgehead atoms. The number of halogens is 1. The summed E-state index contributed by atoms with van der Waals surface area (Å²) >= 11 is 5.90. The fourth-order valence-corrected chi connectivity index (χ4v) is 2.95. The van der Waals surface area contributed by atoms with Crippen LogP contribution in [0.25, 0.3) is 0 Å². The van der Waals surface area contributed by atoms with Gasteiger partial charge in [0.15, 0.2) is 0 Å². The van der Waals surface area contributed by atoms with Crippen molar-refractivity contribution in [2.24, 2.45) is 0 Å². The van der Waals surface area contributed by atoms with Crippen molar-refractivity contribution in [1.82, 2.24) is 5.32 Å². The third-order valence-corrected chi connectivity index (χ3v) is 4.41. The number of carbonyl (C=O) groups excluding carboxylic acids is 2. The molecule has 0 saturated heterocycles. The standard InChI is InChI=1S/C18H16ClNO3/c1-23-17(22)18(20-16(21)13-5-3-2-4-6-13)11-15(18)12-7-9-14(19)10-8-12/h2-10,15H,11H2,1H3,(H,20,21)/t15-,18-/m0/s1. The average Bonchev–Trinajstić information content (AvgIpc) is 3.31. The quantitative estimate of drug-likeness (QED) is 0.877. The summed E-state index contributed by atoms with van der Waals surface area (Å²) in [5.74, 6) is -0.825. The van der Waals surface area contributed by atoms with Crippen molar-refractivity contribution < 1.29 is 14.3 Å². The number of benzene rings is 2. The van der Waals surface area contributed by atoms with E-state index in [1.165, 1.54) is 7.11 Å². The molecule has 1 aliphatic rings. The highest BCUT2D eigenvalue weighted by molar-refractivity contribution is 6.30. The first kappa shape index (κ1) is 15.6. The summed E-state index contributed by atoms with van der Waals surface area (Å²) in [5, 5.41) is 3.48. The number of hydrogen-bond acceptors (Lipinski definition) is 3. The maximum atomic E-state index is 12.4. The van der Waals surface area contributed by atoms with Gasteiger partial charge in [-0.1, -0.05) is 41.9 Å². The lowest BCUT2D eigenvalue weighted by Crippen LogP contribution is -2.45. The maximum absolute atomic E-state index is 12.4. The molecule has 23 heavy (non-hydrogen) atoms. The molecule has 0 unspecified atom stereocenters. The highest BCUT2D eigenvalue weighted by Gasteiger charge is 2.62. The largest absolute Gasteiger partial charge is 0.467 e. The molecule has 0 radical (unpaired) electrons. The molecule has 1 fully saturated rings. The second-order valence-corrected chi connectivity index (χ2v) is 6.03. The van der Waals surface area contributed by atoms with Gasteiger partial charge in [-0.15, -0.1) is 0 Å². The van der Waals surface area contributed by atoms with Crippen molar-refractivity contribution in [1.29, 1.82) is 0 Å². The van der Waals surface area contributed by atoms with E-state index in [1.54, 1.807) is 36.4 Å². The van der Waals surface area contributed by atoms with E-state index in [-0.39, 0.29) is 11.8 Å². The number of hydrogen-bond donors (Lipinski definition) is 1. The first-order valence-electron chi connectivity index (χ1n) is 7.28. The predicted molar refractivity (Wildman–Crippen MR) is 87.5 cm³/mol. The molecule has 1 N–H and O–H groups in total. The summed E-state index contributed by atoms with van der Waals surface area (Å²) < 4.78 is 4.91. The summed E-state index contributed by atoms with van der Waals surface area (Å²) in [4.78, 5) is 24.7. The number of esters is 1. The Balaban J connectivity index is 1.84. The van der Waals surface area contributed by atoms with Gasteiger partial charge in [0.05, 0.1) is 7.11 Å². The second kappa shape index (κ2) is 6.05. The number of methoxy groups -OCH3 is 1. The summed E-state index contributed by atoms with van der Waals surface area (Å²) in [7, 11) is 1.33. The Hall–Kier alpha value is -2.33. The first-order chi connectivity index (χ1) is 11.1. The van der Waals surface area contributed by atoms with Crippen LogP contribution in [-0.4, -0.2) is 24.5 Å². The molecule has 0 aromatic heterocycles. The van der Waals surface area contributed by atoms with Gasteiger partial charge in [-0.2, -0.15) is 0 Å². The molecule has 0 heterocycles. The zero-order valence-corrected chi connectivity index (χ0v) is 13.3. The van der Waals surface area contributed by atoms with Gasteiger partial charge < -0.3 is 10.1 Å². The van der Waals surface area contributed by atoms with E-state index in [1.807, 2.05) is 18.2 Å². The molecule has 4 nitrogen and oxygen atoms in total. The van der Waals surface area contributed by atoms with Crippen LogP contribution in [0.1, 0.15) is 28.3 Å². The summed E-state index contributed by atoms with van der Waals surface area (Å²) in [6, 6.07) is 16.1. The van der Waals surface area contributed by atoms with Crippen LogP contribution in [0.15, 0.2) is 54.6 Å². The lowest BCUT2D eigenvalue weighted by molar-refractivity contribution is -0.144. The van der Waals surface area contributed by atoms with Crippen molar-refractivity contribution in [3.63, 3.8) is 0 Å². The molecule has 2 aromatic carbocycles. The van der Waals surface area contributed by atoms with Crippen LogP contribution in [0, 0.1) is 0 Å². The monoisotopic (exact) mass is 329 g/mol. The molecule has 5 heteroatoms. The molecular weight excluding hydrogens is 314 g/mol. The fourth-order valence-electron chi connectivity index (χ4n) is 2.82. The fraction of sp³-hybridized carbons (Fsp3) is 0.222. The Morgan fingerprint density at radius 3 is 2.39 bits per heavy atom. The van der Waals surface area contributed by atoms with Crippen molar-refractivity contribution in [3.8, 4) is 0 Å². The highest BCUT2D eigenvalue weighted by atomic mass is 35.5. The van der Waals surface area contributed by atoms with Gasteiger partial charge in [0.1, 0.15) is 5.54 Å². The molecule has 0 aliphatic heterocycles. The number of nitrogens with one attached hydrogen (secondary N) is 1. The van der Waals surface area contributed by atoms with Crippen LogP contribution < -0.4 is 5.32 Å². The van der Waals surface area contributed by atoms with Gasteiger partial charge >= 0.3 is 5.97 Å². The third-order valence-electron chi connectivity index (χ3n) is 4.16. The van der Waals surface area contributed by atoms with E-state index >= 15 is 0 Å². The van der Waals surface area contributed by atoms with Gasteiger partial charge in [0, 0.05) is 16.5 Å². The van der Waals surface area contributed by atoms with Gasteiger partial charge in [-0.05, 0) is 36.2 Å². The van der Waals surface area contributed by atoms with Crippen molar-refractivity contribution in [2.75, 3.05) is 7.11 Å². The normalized spacial score (nSPS) is 22.3. The molecule has 1 saturated carbocycles. The van der Waals surface area contributed by atoms with Gasteiger partial charge in [0.2, 0.25) is 0 Å². The van der Waals surface area contributed by atoms with Crippen LogP contribution in [0.5, 0.6) is 0 Å². The van der Waals surface area contributed by atoms with E-state index in [2.05, 4.69) is 5.32 Å².